The van der Waals surface area contributed by atoms with Crippen molar-refractivity contribution in [3.8, 4) is 0 Å². The Morgan fingerprint density at radius 3 is 2.78 bits per heavy atom. The fourth-order valence-electron chi connectivity index (χ4n) is 2.46. The van der Waals surface area contributed by atoms with Gasteiger partial charge in [0.25, 0.3) is 0 Å². The molecular weight excluding hydrogens is 337 g/mol. The molecule has 3 nitrogen and oxygen atoms in total. The number of nitrogens with zero attached hydrogens (tertiary/aromatic N) is 1. The van der Waals surface area contributed by atoms with Gasteiger partial charge in [0.05, 0.1) is 0 Å². The van der Waals surface area contributed by atoms with Gasteiger partial charge in [0.15, 0.2) is 5.96 Å². The zero-order valence-electron chi connectivity index (χ0n) is 11.7. The van der Waals surface area contributed by atoms with Crippen molar-refractivity contribution in [2.75, 3.05) is 19.6 Å². The first kappa shape index (κ1) is 17.7. The molecule has 4 heteroatoms. The Bertz CT molecular complexity index is 253. The lowest BCUT2D eigenvalue weighted by Gasteiger charge is -2.25. The van der Waals surface area contributed by atoms with E-state index in [2.05, 4.69) is 36.1 Å². The summed E-state index contributed by atoms with van der Waals surface area (Å²) in [5.41, 5.74) is 0. The predicted octanol–water partition coefficient (Wildman–Crippen LogP) is 3.17. The zero-order chi connectivity index (χ0) is 12.5. The maximum absolute atomic E-state index is 4.66. The van der Waals surface area contributed by atoms with E-state index in [1.807, 2.05) is 6.08 Å². The summed E-state index contributed by atoms with van der Waals surface area (Å²) in [5, 5.41) is 6.50. The third kappa shape index (κ3) is 7.24. The Morgan fingerprint density at radius 1 is 1.39 bits per heavy atom. The van der Waals surface area contributed by atoms with Crippen molar-refractivity contribution >= 4 is 29.9 Å². The molecule has 106 valence electrons. The fraction of sp³-hybridized carbons (Fsp3) is 0.786. The molecule has 0 aliphatic heterocycles. The maximum Gasteiger partial charge on any atom is 0.191 e. The van der Waals surface area contributed by atoms with E-state index in [4.69, 9.17) is 0 Å². The van der Waals surface area contributed by atoms with Crippen molar-refractivity contribution in [1.29, 1.82) is 0 Å². The first-order chi connectivity index (χ1) is 8.26. The third-order valence-electron chi connectivity index (χ3n) is 3.31. The van der Waals surface area contributed by atoms with Crippen molar-refractivity contribution in [3.63, 3.8) is 0 Å². The lowest BCUT2D eigenvalue weighted by Crippen LogP contribution is -2.37. The van der Waals surface area contributed by atoms with Crippen LogP contribution in [0.5, 0.6) is 0 Å². The number of rotatable bonds is 5. The molecule has 18 heavy (non-hydrogen) atoms. The molecule has 0 spiro atoms. The molecule has 1 aliphatic rings. The molecule has 2 atom stereocenters. The van der Waals surface area contributed by atoms with E-state index in [1.165, 1.54) is 25.7 Å². The van der Waals surface area contributed by atoms with E-state index in [0.29, 0.717) is 0 Å². The largest absolute Gasteiger partial charge is 0.357 e. The van der Waals surface area contributed by atoms with Crippen LogP contribution in [-0.2, 0) is 0 Å². The molecule has 0 aromatic rings. The lowest BCUT2D eigenvalue weighted by molar-refractivity contribution is 0.289. The summed E-state index contributed by atoms with van der Waals surface area (Å²) in [6, 6.07) is 0. The monoisotopic (exact) mass is 365 g/mol. The van der Waals surface area contributed by atoms with Crippen molar-refractivity contribution in [2.45, 2.75) is 39.5 Å². The van der Waals surface area contributed by atoms with E-state index in [9.17, 15) is 0 Å². The summed E-state index contributed by atoms with van der Waals surface area (Å²) in [5.74, 6) is 2.58. The summed E-state index contributed by atoms with van der Waals surface area (Å²) in [7, 11) is 0. The number of guanidine groups is 1. The van der Waals surface area contributed by atoms with Gasteiger partial charge in [-0.2, -0.15) is 0 Å². The minimum Gasteiger partial charge on any atom is -0.357 e. The van der Waals surface area contributed by atoms with Crippen molar-refractivity contribution < 1.29 is 0 Å². The van der Waals surface area contributed by atoms with Gasteiger partial charge in [0, 0.05) is 19.6 Å². The second kappa shape index (κ2) is 10.6. The molecule has 0 saturated heterocycles. The molecule has 2 N–H and O–H groups in total. The minimum absolute atomic E-state index is 0. The highest BCUT2D eigenvalue weighted by molar-refractivity contribution is 14.0. The second-order valence-electron chi connectivity index (χ2n) is 5.03. The van der Waals surface area contributed by atoms with E-state index in [1.54, 1.807) is 0 Å². The Kier molecular flexibility index (Phi) is 10.5. The highest BCUT2D eigenvalue weighted by Gasteiger charge is 2.18. The average molecular weight is 365 g/mol. The Balaban J connectivity index is 0.00000289. The Morgan fingerprint density at radius 2 is 2.17 bits per heavy atom. The van der Waals surface area contributed by atoms with Crippen molar-refractivity contribution in [3.05, 3.63) is 12.7 Å². The van der Waals surface area contributed by atoms with Crippen LogP contribution in [0, 0.1) is 11.8 Å². The number of hydrogen-bond acceptors (Lipinski definition) is 1. The van der Waals surface area contributed by atoms with Gasteiger partial charge < -0.3 is 10.6 Å². The molecule has 0 radical (unpaired) electrons. The smallest absolute Gasteiger partial charge is 0.191 e. The summed E-state index contributed by atoms with van der Waals surface area (Å²) in [4.78, 5) is 4.66. The van der Waals surface area contributed by atoms with Gasteiger partial charge in [0.1, 0.15) is 0 Å². The molecule has 0 aromatic heterocycles. The van der Waals surface area contributed by atoms with Gasteiger partial charge in [-0.3, -0.25) is 4.99 Å². The zero-order valence-corrected chi connectivity index (χ0v) is 14.1. The van der Waals surface area contributed by atoms with Gasteiger partial charge in [-0.1, -0.05) is 25.8 Å². The molecule has 0 bridgehead atoms. The minimum atomic E-state index is 0. The van der Waals surface area contributed by atoms with Gasteiger partial charge in [0.2, 0.25) is 0 Å². The highest BCUT2D eigenvalue weighted by Crippen LogP contribution is 2.28. The molecule has 1 saturated carbocycles. The number of nitrogens with one attached hydrogen (secondary N) is 2. The van der Waals surface area contributed by atoms with Crippen LogP contribution in [0.15, 0.2) is 17.6 Å². The lowest BCUT2D eigenvalue weighted by atomic mass is 9.82. The molecule has 0 heterocycles. The van der Waals surface area contributed by atoms with Crippen LogP contribution in [0.1, 0.15) is 39.5 Å². The Labute approximate surface area is 129 Å². The number of hydrogen-bond donors (Lipinski definition) is 2. The van der Waals surface area contributed by atoms with Crippen LogP contribution in [0.3, 0.4) is 0 Å². The molecule has 1 fully saturated rings. The fourth-order valence-corrected chi connectivity index (χ4v) is 2.46. The van der Waals surface area contributed by atoms with Gasteiger partial charge in [-0.15, -0.1) is 30.6 Å². The normalized spacial score (nSPS) is 24.0. The summed E-state index contributed by atoms with van der Waals surface area (Å²) in [6.07, 6.45) is 7.31. The first-order valence-electron chi connectivity index (χ1n) is 6.89. The van der Waals surface area contributed by atoms with E-state index in [0.717, 1.165) is 37.4 Å². The molecule has 2 unspecified atom stereocenters. The standard InChI is InChI=1S/C14H27N3.HI/c1-4-9-16-14(15-5-2)17-11-13-8-6-7-12(3)10-13;/h4,12-13H,1,5-11H2,2-3H3,(H2,15,16,17);1H. The SMILES string of the molecule is C=CCNC(=NCC1CCCC(C)C1)NCC.I. The van der Waals surface area contributed by atoms with Gasteiger partial charge in [-0.25, -0.2) is 0 Å². The average Bonchev–Trinajstić information content (AvgIpc) is 2.33. The van der Waals surface area contributed by atoms with Gasteiger partial charge >= 0.3 is 0 Å². The predicted molar refractivity (Wildman–Crippen MR) is 90.7 cm³/mol. The quantitative estimate of drug-likeness (QED) is 0.340. The van der Waals surface area contributed by atoms with Crippen LogP contribution >= 0.6 is 24.0 Å². The van der Waals surface area contributed by atoms with Gasteiger partial charge in [-0.05, 0) is 31.6 Å². The second-order valence-corrected chi connectivity index (χ2v) is 5.03. The number of aliphatic imine (C=N–C) groups is 1. The maximum atomic E-state index is 4.66. The summed E-state index contributed by atoms with van der Waals surface area (Å²) in [6.45, 7) is 10.8. The topological polar surface area (TPSA) is 36.4 Å². The van der Waals surface area contributed by atoms with E-state index >= 15 is 0 Å². The van der Waals surface area contributed by atoms with Crippen LogP contribution < -0.4 is 10.6 Å². The first-order valence-corrected chi connectivity index (χ1v) is 6.89. The van der Waals surface area contributed by atoms with Crippen LogP contribution in [0.25, 0.3) is 0 Å². The summed E-state index contributed by atoms with van der Waals surface area (Å²) < 4.78 is 0. The van der Waals surface area contributed by atoms with Crippen LogP contribution in [-0.4, -0.2) is 25.6 Å². The van der Waals surface area contributed by atoms with Crippen molar-refractivity contribution in [2.24, 2.45) is 16.8 Å². The molecule has 0 amide bonds. The molecular formula is C14H28IN3. The third-order valence-corrected chi connectivity index (χ3v) is 3.31. The molecule has 1 aliphatic carbocycles. The molecule has 0 aromatic carbocycles. The molecule has 1 rings (SSSR count). The van der Waals surface area contributed by atoms with Crippen LogP contribution in [0.4, 0.5) is 0 Å². The highest BCUT2D eigenvalue weighted by atomic mass is 127. The van der Waals surface area contributed by atoms with E-state index < -0.39 is 0 Å². The van der Waals surface area contributed by atoms with E-state index in [-0.39, 0.29) is 24.0 Å². The number of halogens is 1. The van der Waals surface area contributed by atoms with Crippen LogP contribution in [0.2, 0.25) is 0 Å². The van der Waals surface area contributed by atoms with Crippen molar-refractivity contribution in [1.82, 2.24) is 10.6 Å². The Hall–Kier alpha value is -0.260. The summed E-state index contributed by atoms with van der Waals surface area (Å²) >= 11 is 0.